The number of rotatable bonds is 5. The molecule has 2 heterocycles. The van der Waals surface area contributed by atoms with Crippen LogP contribution in [0, 0.1) is 0 Å². The van der Waals surface area contributed by atoms with Crippen LogP contribution in [0.15, 0.2) is 32.6 Å². The number of aromatic carboxylic acids is 1. The summed E-state index contributed by atoms with van der Waals surface area (Å²) in [5.74, 6) is -1.67. The van der Waals surface area contributed by atoms with Crippen LogP contribution < -0.4 is 4.72 Å². The van der Waals surface area contributed by atoms with Gasteiger partial charge < -0.3 is 14.0 Å². The van der Waals surface area contributed by atoms with E-state index >= 15 is 0 Å². The van der Waals surface area contributed by atoms with Crippen LogP contribution in [0.25, 0.3) is 0 Å². The van der Waals surface area contributed by atoms with E-state index in [1.165, 1.54) is 0 Å². The molecule has 0 unspecified atom stereocenters. The highest BCUT2D eigenvalue weighted by molar-refractivity contribution is 7.89. The molecule has 96 valence electrons. The molecule has 0 aromatic carbocycles. The van der Waals surface area contributed by atoms with Crippen molar-refractivity contribution in [3.8, 4) is 0 Å². The van der Waals surface area contributed by atoms with Crippen molar-refractivity contribution < 1.29 is 27.3 Å². The average molecular weight is 273 g/mol. The molecule has 0 bridgehead atoms. The molecular formula is C8H7N3O6S. The number of aromatic nitrogens is 2. The van der Waals surface area contributed by atoms with Gasteiger partial charge in [0.25, 0.3) is 10.0 Å². The van der Waals surface area contributed by atoms with E-state index < -0.39 is 26.8 Å². The first-order chi connectivity index (χ1) is 8.49. The number of nitrogens with one attached hydrogen (secondary N) is 1. The first-order valence-electron chi connectivity index (χ1n) is 4.57. The van der Waals surface area contributed by atoms with Crippen molar-refractivity contribution in [3.63, 3.8) is 0 Å². The van der Waals surface area contributed by atoms with Gasteiger partial charge >= 0.3 is 5.97 Å². The summed E-state index contributed by atoms with van der Waals surface area (Å²) in [5.41, 5.74) is 0. The fraction of sp³-hybridized carbons (Fsp3) is 0.125. The summed E-state index contributed by atoms with van der Waals surface area (Å²) >= 11 is 0. The third-order valence-electron chi connectivity index (χ3n) is 1.88. The van der Waals surface area contributed by atoms with E-state index in [9.17, 15) is 13.2 Å². The molecule has 0 aliphatic heterocycles. The number of nitrogens with zero attached hydrogens (tertiary/aromatic N) is 2. The summed E-state index contributed by atoms with van der Waals surface area (Å²) in [7, 11) is -3.95. The number of hydrogen-bond donors (Lipinski definition) is 2. The zero-order valence-electron chi connectivity index (χ0n) is 8.73. The molecule has 2 aromatic heterocycles. The van der Waals surface area contributed by atoms with Crippen molar-refractivity contribution in [2.75, 3.05) is 0 Å². The van der Waals surface area contributed by atoms with Gasteiger partial charge in [-0.15, -0.1) is 0 Å². The number of carboxylic acids is 1. The molecule has 9 nitrogen and oxygen atoms in total. The lowest BCUT2D eigenvalue weighted by molar-refractivity contribution is 0.0656. The molecule has 0 fully saturated rings. The van der Waals surface area contributed by atoms with Crippen molar-refractivity contribution in [2.45, 2.75) is 11.6 Å². The summed E-state index contributed by atoms with van der Waals surface area (Å²) in [6.07, 6.45) is 1.05. The maximum absolute atomic E-state index is 11.7. The van der Waals surface area contributed by atoms with Crippen LogP contribution in [0.5, 0.6) is 0 Å². The van der Waals surface area contributed by atoms with Gasteiger partial charge in [0, 0.05) is 0 Å². The van der Waals surface area contributed by atoms with Gasteiger partial charge in [-0.1, -0.05) is 5.16 Å². The van der Waals surface area contributed by atoms with E-state index in [1.807, 2.05) is 0 Å². The Bertz CT molecular complexity index is 644. The van der Waals surface area contributed by atoms with Crippen LogP contribution in [0.4, 0.5) is 0 Å². The standard InChI is InChI=1S/C8H7N3O6S/c12-8(13)5-1-2-7(17-5)18(14,15)10-3-6-9-4-16-11-6/h1-2,4,10H,3H2,(H,12,13). The average Bonchev–Trinajstić information content (AvgIpc) is 2.98. The third kappa shape index (κ3) is 2.55. The van der Waals surface area contributed by atoms with E-state index in [-0.39, 0.29) is 12.4 Å². The summed E-state index contributed by atoms with van der Waals surface area (Å²) in [6.45, 7) is -0.193. The molecule has 0 spiro atoms. The maximum Gasteiger partial charge on any atom is 0.371 e. The van der Waals surface area contributed by atoms with Crippen molar-refractivity contribution >= 4 is 16.0 Å². The summed E-state index contributed by atoms with van der Waals surface area (Å²) in [4.78, 5) is 14.2. The van der Waals surface area contributed by atoms with Gasteiger partial charge in [-0.2, -0.15) is 4.98 Å². The molecule has 0 aliphatic rings. The largest absolute Gasteiger partial charge is 0.475 e. The Labute approximate surface area is 100 Å². The second-order valence-corrected chi connectivity index (χ2v) is 4.79. The highest BCUT2D eigenvalue weighted by atomic mass is 32.2. The fourth-order valence-corrected chi connectivity index (χ4v) is 1.99. The van der Waals surface area contributed by atoms with Crippen molar-refractivity contribution in [1.82, 2.24) is 14.9 Å². The van der Waals surface area contributed by atoms with Gasteiger partial charge in [0.1, 0.15) is 0 Å². The van der Waals surface area contributed by atoms with Crippen LogP contribution in [0.2, 0.25) is 0 Å². The van der Waals surface area contributed by atoms with Gasteiger partial charge in [-0.3, -0.25) is 0 Å². The molecule has 0 aliphatic carbocycles. The lowest BCUT2D eigenvalue weighted by Crippen LogP contribution is -2.23. The molecule has 2 N–H and O–H groups in total. The second-order valence-electron chi connectivity index (χ2n) is 3.10. The quantitative estimate of drug-likeness (QED) is 0.766. The second kappa shape index (κ2) is 4.58. The number of carboxylic acid groups (broad SMARTS) is 1. The number of hydrogen-bond acceptors (Lipinski definition) is 7. The summed E-state index contributed by atoms with van der Waals surface area (Å²) in [6, 6.07) is 2.09. The first kappa shape index (κ1) is 12.3. The Morgan fingerprint density at radius 2 is 2.22 bits per heavy atom. The minimum Gasteiger partial charge on any atom is -0.475 e. The van der Waals surface area contributed by atoms with Gasteiger partial charge in [0.15, 0.2) is 5.82 Å². The number of furan rings is 1. The van der Waals surface area contributed by atoms with Crippen molar-refractivity contribution in [3.05, 3.63) is 30.1 Å². The first-order valence-corrected chi connectivity index (χ1v) is 6.05. The molecule has 0 saturated heterocycles. The summed E-state index contributed by atoms with van der Waals surface area (Å²) in [5, 5.41) is 11.5. The Balaban J connectivity index is 2.12. The van der Waals surface area contributed by atoms with E-state index in [0.717, 1.165) is 18.5 Å². The Morgan fingerprint density at radius 3 is 2.78 bits per heavy atom. The molecule has 18 heavy (non-hydrogen) atoms. The lowest BCUT2D eigenvalue weighted by atomic mass is 10.5. The Kier molecular flexibility index (Phi) is 3.12. The summed E-state index contributed by atoms with van der Waals surface area (Å²) < 4.78 is 34.6. The van der Waals surface area contributed by atoms with Crippen LogP contribution in [-0.4, -0.2) is 29.6 Å². The fourth-order valence-electron chi connectivity index (χ4n) is 1.08. The van der Waals surface area contributed by atoms with Crippen LogP contribution in [0.1, 0.15) is 16.4 Å². The molecule has 2 rings (SSSR count). The van der Waals surface area contributed by atoms with Gasteiger partial charge in [0.2, 0.25) is 17.2 Å². The number of sulfonamides is 1. The molecule has 0 radical (unpaired) electrons. The van der Waals surface area contributed by atoms with E-state index in [2.05, 4.69) is 23.8 Å². The van der Waals surface area contributed by atoms with E-state index in [1.54, 1.807) is 0 Å². The Hall–Kier alpha value is -2.20. The third-order valence-corrected chi connectivity index (χ3v) is 3.16. The molecule has 2 aromatic rings. The lowest BCUT2D eigenvalue weighted by Gasteiger charge is -2.00. The van der Waals surface area contributed by atoms with Gasteiger partial charge in [-0.05, 0) is 12.1 Å². The monoisotopic (exact) mass is 273 g/mol. The Morgan fingerprint density at radius 1 is 1.44 bits per heavy atom. The van der Waals surface area contributed by atoms with Crippen molar-refractivity contribution in [2.24, 2.45) is 0 Å². The number of carbonyl (C=O) groups is 1. The minimum atomic E-state index is -3.95. The van der Waals surface area contributed by atoms with Gasteiger partial charge in [0.05, 0.1) is 6.54 Å². The van der Waals surface area contributed by atoms with Gasteiger partial charge in [-0.25, -0.2) is 17.9 Å². The van der Waals surface area contributed by atoms with Crippen LogP contribution in [-0.2, 0) is 16.6 Å². The molecule has 0 saturated carbocycles. The predicted octanol–water partition coefficient (Wildman–Crippen LogP) is -0.161. The SMILES string of the molecule is O=C(O)c1ccc(S(=O)(=O)NCc2ncon2)o1. The highest BCUT2D eigenvalue weighted by Crippen LogP contribution is 2.13. The maximum atomic E-state index is 11.7. The molecule has 10 heteroatoms. The minimum absolute atomic E-state index is 0.142. The van der Waals surface area contributed by atoms with E-state index in [0.29, 0.717) is 0 Å². The van der Waals surface area contributed by atoms with Crippen molar-refractivity contribution in [1.29, 1.82) is 0 Å². The zero-order chi connectivity index (χ0) is 13.2. The highest BCUT2D eigenvalue weighted by Gasteiger charge is 2.21. The normalized spacial score (nSPS) is 11.6. The zero-order valence-corrected chi connectivity index (χ0v) is 9.55. The molecular weight excluding hydrogens is 266 g/mol. The topological polar surface area (TPSA) is 136 Å². The molecule has 0 amide bonds. The molecule has 0 atom stereocenters. The van der Waals surface area contributed by atoms with Crippen LogP contribution in [0.3, 0.4) is 0 Å². The predicted molar refractivity (Wildman–Crippen MR) is 54.0 cm³/mol. The smallest absolute Gasteiger partial charge is 0.371 e. The van der Waals surface area contributed by atoms with Crippen LogP contribution >= 0.6 is 0 Å². The van der Waals surface area contributed by atoms with E-state index in [4.69, 9.17) is 5.11 Å².